The molecule has 2 aliphatic rings. The molecule has 0 aromatic heterocycles. The van der Waals surface area contributed by atoms with Crippen molar-refractivity contribution >= 4 is 0 Å². The van der Waals surface area contributed by atoms with Gasteiger partial charge < -0.3 is 0 Å². The molecule has 0 aromatic carbocycles. The SMILES string of the molecule is CC(C)C(C1CCC(C(C)(C)C)CC1)(C1CCC(C(C)(C)C)CC1)C(C)(C)C. The van der Waals surface area contributed by atoms with Gasteiger partial charge in [0, 0.05) is 0 Å². The van der Waals surface area contributed by atoms with Gasteiger partial charge in [-0.15, -0.1) is 0 Å². The second kappa shape index (κ2) is 8.26. The lowest BCUT2D eigenvalue weighted by Gasteiger charge is -2.61. The monoisotopic (exact) mass is 390 g/mol. The standard InChI is InChI=1S/C28H54/c1-20(2)28(27(9,10)11,23-16-12-21(13-17-23)25(3,4)5)24-18-14-22(15-19-24)26(6,7)8/h20-24H,12-19H2,1-11H3. The van der Waals surface area contributed by atoms with Crippen molar-refractivity contribution in [3.05, 3.63) is 0 Å². The molecule has 0 radical (unpaired) electrons. The number of hydrogen-bond donors (Lipinski definition) is 0. The third-order valence-electron chi connectivity index (χ3n) is 9.51. The molecule has 0 N–H and O–H groups in total. The van der Waals surface area contributed by atoms with E-state index in [0.29, 0.717) is 21.7 Å². The molecule has 0 atom stereocenters. The molecule has 0 heterocycles. The fraction of sp³-hybridized carbons (Fsp3) is 1.00. The van der Waals surface area contributed by atoms with Crippen LogP contribution in [0.4, 0.5) is 0 Å². The van der Waals surface area contributed by atoms with E-state index in [1.165, 1.54) is 51.4 Å². The van der Waals surface area contributed by atoms with Crippen LogP contribution in [0.25, 0.3) is 0 Å². The molecule has 2 fully saturated rings. The van der Waals surface area contributed by atoms with Crippen LogP contribution in [-0.4, -0.2) is 0 Å². The van der Waals surface area contributed by atoms with Crippen LogP contribution in [-0.2, 0) is 0 Å². The van der Waals surface area contributed by atoms with Crippen molar-refractivity contribution in [2.45, 2.75) is 128 Å². The zero-order chi connectivity index (χ0) is 21.5. The van der Waals surface area contributed by atoms with E-state index in [4.69, 9.17) is 0 Å². The lowest BCUT2D eigenvalue weighted by molar-refractivity contribution is -0.122. The molecular weight excluding hydrogens is 336 g/mol. The predicted octanol–water partition coefficient (Wildman–Crippen LogP) is 9.38. The molecule has 0 spiro atoms. The van der Waals surface area contributed by atoms with Crippen molar-refractivity contribution in [1.29, 1.82) is 0 Å². The van der Waals surface area contributed by atoms with E-state index in [0.717, 1.165) is 29.6 Å². The first-order valence-electron chi connectivity index (χ1n) is 12.6. The van der Waals surface area contributed by atoms with E-state index in [1.54, 1.807) is 0 Å². The normalized spacial score (nSPS) is 33.0. The molecule has 0 nitrogen and oxygen atoms in total. The molecule has 0 aliphatic heterocycles. The molecule has 2 rings (SSSR count). The molecule has 2 saturated carbocycles. The lowest BCUT2D eigenvalue weighted by atomic mass is 9.44. The van der Waals surface area contributed by atoms with Crippen molar-refractivity contribution in [3.63, 3.8) is 0 Å². The Morgan fingerprint density at radius 2 is 0.714 bits per heavy atom. The highest BCUT2D eigenvalue weighted by Crippen LogP contribution is 2.63. The average molecular weight is 391 g/mol. The van der Waals surface area contributed by atoms with E-state index in [2.05, 4.69) is 76.2 Å². The Hall–Kier alpha value is 0. The van der Waals surface area contributed by atoms with Crippen molar-refractivity contribution in [1.82, 2.24) is 0 Å². The van der Waals surface area contributed by atoms with Gasteiger partial charge in [-0.05, 0) is 103 Å². The summed E-state index contributed by atoms with van der Waals surface area (Å²) in [6, 6.07) is 0. The Balaban J connectivity index is 2.28. The Labute approximate surface area is 179 Å². The molecule has 0 bridgehead atoms. The van der Waals surface area contributed by atoms with E-state index in [1.807, 2.05) is 0 Å². The summed E-state index contributed by atoms with van der Waals surface area (Å²) in [5.74, 6) is 4.46. The summed E-state index contributed by atoms with van der Waals surface area (Å²) < 4.78 is 0. The molecule has 2 aliphatic carbocycles. The molecule has 28 heavy (non-hydrogen) atoms. The van der Waals surface area contributed by atoms with Gasteiger partial charge in [-0.3, -0.25) is 0 Å². The Morgan fingerprint density at radius 3 is 0.893 bits per heavy atom. The third-order valence-corrected chi connectivity index (χ3v) is 9.51. The van der Waals surface area contributed by atoms with E-state index in [-0.39, 0.29) is 0 Å². The zero-order valence-corrected chi connectivity index (χ0v) is 21.5. The Morgan fingerprint density at radius 1 is 0.464 bits per heavy atom. The summed E-state index contributed by atoms with van der Waals surface area (Å²) in [6.07, 6.45) is 11.7. The molecule has 0 unspecified atom stereocenters. The van der Waals surface area contributed by atoms with Crippen molar-refractivity contribution < 1.29 is 0 Å². The van der Waals surface area contributed by atoms with Gasteiger partial charge in [0.25, 0.3) is 0 Å². The van der Waals surface area contributed by atoms with E-state index >= 15 is 0 Å². The van der Waals surface area contributed by atoms with E-state index in [9.17, 15) is 0 Å². The van der Waals surface area contributed by atoms with E-state index < -0.39 is 0 Å². The second-order valence-corrected chi connectivity index (χ2v) is 14.2. The highest BCUT2D eigenvalue weighted by atomic mass is 14.6. The minimum absolute atomic E-state index is 0.389. The predicted molar refractivity (Wildman–Crippen MR) is 127 cm³/mol. The highest BCUT2D eigenvalue weighted by Gasteiger charge is 2.55. The van der Waals surface area contributed by atoms with Gasteiger partial charge in [0.2, 0.25) is 0 Å². The molecule has 0 aromatic rings. The van der Waals surface area contributed by atoms with Crippen molar-refractivity contribution in [2.75, 3.05) is 0 Å². The molecular formula is C28H54. The van der Waals surface area contributed by atoms with Gasteiger partial charge in [-0.1, -0.05) is 76.2 Å². The summed E-state index contributed by atoms with van der Waals surface area (Å²) in [6.45, 7) is 27.7. The van der Waals surface area contributed by atoms with Crippen LogP contribution in [0.2, 0.25) is 0 Å². The minimum atomic E-state index is 0.389. The highest BCUT2D eigenvalue weighted by molar-refractivity contribution is 5.04. The number of rotatable bonds is 3. The van der Waals surface area contributed by atoms with Gasteiger partial charge in [-0.2, -0.15) is 0 Å². The summed E-state index contributed by atoms with van der Waals surface area (Å²) in [7, 11) is 0. The van der Waals surface area contributed by atoms with Crippen LogP contribution in [0.5, 0.6) is 0 Å². The van der Waals surface area contributed by atoms with Gasteiger partial charge in [0.1, 0.15) is 0 Å². The third kappa shape index (κ3) is 4.67. The van der Waals surface area contributed by atoms with Crippen LogP contribution in [0.1, 0.15) is 128 Å². The van der Waals surface area contributed by atoms with Crippen LogP contribution < -0.4 is 0 Å². The van der Waals surface area contributed by atoms with Gasteiger partial charge in [0.15, 0.2) is 0 Å². The van der Waals surface area contributed by atoms with Crippen LogP contribution in [0.15, 0.2) is 0 Å². The molecule has 166 valence electrons. The Kier molecular flexibility index (Phi) is 7.16. The number of hydrogen-bond acceptors (Lipinski definition) is 0. The first kappa shape index (κ1) is 24.3. The minimum Gasteiger partial charge on any atom is -0.0622 e. The fourth-order valence-corrected chi connectivity index (χ4v) is 8.24. The first-order valence-corrected chi connectivity index (χ1v) is 12.6. The smallest absolute Gasteiger partial charge is 0.0169 e. The summed E-state index contributed by atoms with van der Waals surface area (Å²) >= 11 is 0. The lowest BCUT2D eigenvalue weighted by Crippen LogP contribution is -2.54. The molecule has 0 amide bonds. The average Bonchev–Trinajstić information content (AvgIpc) is 2.53. The zero-order valence-electron chi connectivity index (χ0n) is 21.5. The van der Waals surface area contributed by atoms with Crippen molar-refractivity contribution in [2.24, 2.45) is 51.2 Å². The maximum atomic E-state index is 2.58. The second-order valence-electron chi connectivity index (χ2n) is 14.2. The maximum Gasteiger partial charge on any atom is -0.0169 e. The van der Waals surface area contributed by atoms with Crippen molar-refractivity contribution in [3.8, 4) is 0 Å². The fourth-order valence-electron chi connectivity index (χ4n) is 8.24. The Bertz CT molecular complexity index is 440. The first-order chi connectivity index (χ1) is 12.6. The molecule has 0 saturated heterocycles. The molecule has 0 heteroatoms. The topological polar surface area (TPSA) is 0 Å². The van der Waals surface area contributed by atoms with Crippen LogP contribution in [0, 0.1) is 51.2 Å². The van der Waals surface area contributed by atoms with Crippen LogP contribution >= 0.6 is 0 Å². The summed E-state index contributed by atoms with van der Waals surface area (Å²) in [5, 5.41) is 0. The summed E-state index contributed by atoms with van der Waals surface area (Å²) in [4.78, 5) is 0. The summed E-state index contributed by atoms with van der Waals surface area (Å²) in [5.41, 5.74) is 1.86. The van der Waals surface area contributed by atoms with Gasteiger partial charge in [0.05, 0.1) is 0 Å². The maximum absolute atomic E-state index is 2.58. The van der Waals surface area contributed by atoms with Crippen LogP contribution in [0.3, 0.4) is 0 Å². The largest absolute Gasteiger partial charge is 0.0622 e. The van der Waals surface area contributed by atoms with Gasteiger partial charge >= 0.3 is 0 Å². The quantitative estimate of drug-likeness (QED) is 0.450. The van der Waals surface area contributed by atoms with Gasteiger partial charge in [-0.25, -0.2) is 0 Å².